The van der Waals surface area contributed by atoms with Gasteiger partial charge in [0.15, 0.2) is 0 Å². The maximum Gasteiger partial charge on any atom is 0.265 e. The van der Waals surface area contributed by atoms with Crippen LogP contribution in [-0.4, -0.2) is 27.3 Å². The van der Waals surface area contributed by atoms with Gasteiger partial charge in [0.2, 0.25) is 0 Å². The van der Waals surface area contributed by atoms with Gasteiger partial charge in [0.25, 0.3) is 5.95 Å². The SMILES string of the molecule is Clc1ccc(/C=N\Nc2nncn2/N=C/c2ccc(Cl)cc2Cl)c(Cl)c1. The van der Waals surface area contributed by atoms with Crippen LogP contribution in [0.1, 0.15) is 11.1 Å². The molecule has 0 aliphatic rings. The van der Waals surface area contributed by atoms with E-state index in [-0.39, 0.29) is 0 Å². The maximum atomic E-state index is 6.11. The van der Waals surface area contributed by atoms with Crippen LogP contribution in [0.4, 0.5) is 5.95 Å². The highest BCUT2D eigenvalue weighted by molar-refractivity contribution is 6.36. The number of nitrogens with zero attached hydrogens (tertiary/aromatic N) is 5. The van der Waals surface area contributed by atoms with Gasteiger partial charge in [-0.15, -0.1) is 10.2 Å². The van der Waals surface area contributed by atoms with Crippen LogP contribution in [0.25, 0.3) is 0 Å². The summed E-state index contributed by atoms with van der Waals surface area (Å²) in [4.78, 5) is 0. The fourth-order valence-electron chi connectivity index (χ4n) is 1.88. The minimum absolute atomic E-state index is 0.313. The summed E-state index contributed by atoms with van der Waals surface area (Å²) in [5.41, 5.74) is 4.14. The average Bonchev–Trinajstić information content (AvgIpc) is 3.03. The number of hydrogen-bond acceptors (Lipinski definition) is 5. The van der Waals surface area contributed by atoms with E-state index < -0.39 is 0 Å². The highest BCUT2D eigenvalue weighted by Crippen LogP contribution is 2.20. The van der Waals surface area contributed by atoms with Gasteiger partial charge in [-0.05, 0) is 24.3 Å². The van der Waals surface area contributed by atoms with Crippen LogP contribution in [0.5, 0.6) is 0 Å². The van der Waals surface area contributed by atoms with Gasteiger partial charge in [-0.25, -0.2) is 5.43 Å². The van der Waals surface area contributed by atoms with E-state index in [4.69, 9.17) is 46.4 Å². The van der Waals surface area contributed by atoms with E-state index in [2.05, 4.69) is 25.8 Å². The lowest BCUT2D eigenvalue weighted by Gasteiger charge is -2.01. The van der Waals surface area contributed by atoms with Gasteiger partial charge in [0.1, 0.15) is 6.33 Å². The number of benzene rings is 2. The predicted molar refractivity (Wildman–Crippen MR) is 107 cm³/mol. The zero-order valence-electron chi connectivity index (χ0n) is 12.9. The lowest BCUT2D eigenvalue weighted by molar-refractivity contribution is 0.879. The van der Waals surface area contributed by atoms with Gasteiger partial charge in [-0.2, -0.15) is 14.9 Å². The fraction of sp³-hybridized carbons (Fsp3) is 0. The topological polar surface area (TPSA) is 67.5 Å². The highest BCUT2D eigenvalue weighted by atomic mass is 35.5. The Hall–Kier alpha value is -2.12. The number of hydrogen-bond donors (Lipinski definition) is 1. The zero-order valence-corrected chi connectivity index (χ0v) is 16.0. The van der Waals surface area contributed by atoms with E-state index in [1.54, 1.807) is 42.6 Å². The van der Waals surface area contributed by atoms with Crippen LogP contribution in [0.2, 0.25) is 20.1 Å². The molecule has 0 fully saturated rings. The van der Waals surface area contributed by atoms with E-state index in [1.165, 1.54) is 17.2 Å². The van der Waals surface area contributed by atoms with Crippen molar-refractivity contribution in [1.82, 2.24) is 14.9 Å². The predicted octanol–water partition coefficient (Wildman–Crippen LogP) is 5.22. The van der Waals surface area contributed by atoms with Gasteiger partial charge in [-0.3, -0.25) is 0 Å². The van der Waals surface area contributed by atoms with Crippen molar-refractivity contribution in [1.29, 1.82) is 0 Å². The second kappa shape index (κ2) is 8.51. The first-order valence-corrected chi connectivity index (χ1v) is 8.67. The van der Waals surface area contributed by atoms with E-state index in [0.29, 0.717) is 37.2 Å². The molecule has 0 spiro atoms. The standard InChI is InChI=1S/C16H10Cl4N6/c17-12-3-1-10(14(19)5-12)7-21-24-16-25-22-9-26(16)23-8-11-2-4-13(18)6-15(11)20/h1-9H,(H,24,25)/b21-7-,23-8+. The van der Waals surface area contributed by atoms with Crippen molar-refractivity contribution in [3.05, 3.63) is 73.9 Å². The minimum atomic E-state index is 0.313. The lowest BCUT2D eigenvalue weighted by atomic mass is 10.2. The molecule has 1 aromatic heterocycles. The quantitative estimate of drug-likeness (QED) is 0.448. The first-order valence-electron chi connectivity index (χ1n) is 7.16. The van der Waals surface area contributed by atoms with Crippen LogP contribution in [0.15, 0.2) is 52.9 Å². The molecule has 0 aliphatic carbocycles. The molecule has 1 N–H and O–H groups in total. The molecule has 3 rings (SSSR count). The molecule has 0 saturated carbocycles. The third-order valence-electron chi connectivity index (χ3n) is 3.14. The molecule has 0 bridgehead atoms. The highest BCUT2D eigenvalue weighted by Gasteiger charge is 2.03. The van der Waals surface area contributed by atoms with Crippen molar-refractivity contribution in [3.8, 4) is 0 Å². The Kier molecular flexibility index (Phi) is 6.11. The number of aromatic nitrogens is 3. The Labute approximate surface area is 169 Å². The molecule has 2 aromatic carbocycles. The molecule has 6 nitrogen and oxygen atoms in total. The Morgan fingerprint density at radius 1 is 0.885 bits per heavy atom. The third-order valence-corrected chi connectivity index (χ3v) is 4.27. The summed E-state index contributed by atoms with van der Waals surface area (Å²) in [5, 5.41) is 18.1. The molecule has 0 saturated heterocycles. The molecule has 26 heavy (non-hydrogen) atoms. The smallest absolute Gasteiger partial charge is 0.244 e. The summed E-state index contributed by atoms with van der Waals surface area (Å²) in [6, 6.07) is 10.2. The molecular weight excluding hydrogens is 418 g/mol. The Bertz CT molecular complexity index is 983. The Morgan fingerprint density at radius 2 is 1.50 bits per heavy atom. The van der Waals surface area contributed by atoms with Gasteiger partial charge in [0, 0.05) is 21.2 Å². The van der Waals surface area contributed by atoms with E-state index >= 15 is 0 Å². The number of halogens is 4. The second-order valence-electron chi connectivity index (χ2n) is 4.95. The summed E-state index contributed by atoms with van der Waals surface area (Å²) in [5.74, 6) is 0.313. The maximum absolute atomic E-state index is 6.11. The number of rotatable bonds is 5. The molecule has 132 valence electrons. The van der Waals surface area contributed by atoms with E-state index in [0.717, 1.165) is 0 Å². The molecule has 1 heterocycles. The van der Waals surface area contributed by atoms with Gasteiger partial charge < -0.3 is 0 Å². The third kappa shape index (κ3) is 4.74. The molecular formula is C16H10Cl4N6. The molecule has 10 heteroatoms. The van der Waals surface area contributed by atoms with Crippen LogP contribution >= 0.6 is 46.4 Å². The number of anilines is 1. The molecule has 0 amide bonds. The fourth-order valence-corrected chi connectivity index (χ4v) is 2.80. The average molecular weight is 428 g/mol. The van der Waals surface area contributed by atoms with Crippen LogP contribution in [0.3, 0.4) is 0 Å². The molecule has 0 atom stereocenters. The normalized spacial score (nSPS) is 11.5. The number of hydrazone groups is 1. The van der Waals surface area contributed by atoms with Crippen molar-refractivity contribution in [2.45, 2.75) is 0 Å². The van der Waals surface area contributed by atoms with Crippen molar-refractivity contribution in [2.75, 3.05) is 5.43 Å². The Morgan fingerprint density at radius 3 is 2.12 bits per heavy atom. The van der Waals surface area contributed by atoms with Gasteiger partial charge >= 0.3 is 0 Å². The molecule has 0 unspecified atom stereocenters. The first-order chi connectivity index (χ1) is 12.5. The largest absolute Gasteiger partial charge is 0.265 e. The first kappa shape index (κ1) is 18.7. The minimum Gasteiger partial charge on any atom is -0.244 e. The van der Waals surface area contributed by atoms with Crippen molar-refractivity contribution in [3.63, 3.8) is 0 Å². The van der Waals surface area contributed by atoms with Crippen LogP contribution < -0.4 is 5.43 Å². The lowest BCUT2D eigenvalue weighted by Crippen LogP contribution is -1.99. The summed E-state index contributed by atoms with van der Waals surface area (Å²) < 4.78 is 1.41. The summed E-state index contributed by atoms with van der Waals surface area (Å²) in [6.45, 7) is 0. The summed E-state index contributed by atoms with van der Waals surface area (Å²) in [7, 11) is 0. The van der Waals surface area contributed by atoms with Crippen molar-refractivity contribution >= 4 is 64.8 Å². The molecule has 3 aromatic rings. The van der Waals surface area contributed by atoms with Crippen molar-refractivity contribution < 1.29 is 0 Å². The van der Waals surface area contributed by atoms with E-state index in [1.807, 2.05) is 0 Å². The summed E-state index contributed by atoms with van der Waals surface area (Å²) >= 11 is 23.9. The van der Waals surface area contributed by atoms with Gasteiger partial charge in [-0.1, -0.05) is 58.5 Å². The zero-order chi connectivity index (χ0) is 18.5. The van der Waals surface area contributed by atoms with Crippen LogP contribution in [-0.2, 0) is 0 Å². The monoisotopic (exact) mass is 426 g/mol. The number of nitrogens with one attached hydrogen (secondary N) is 1. The summed E-state index contributed by atoms with van der Waals surface area (Å²) in [6.07, 6.45) is 4.53. The van der Waals surface area contributed by atoms with Crippen LogP contribution in [0, 0.1) is 0 Å². The Balaban J connectivity index is 1.72. The molecule has 0 radical (unpaired) electrons. The van der Waals surface area contributed by atoms with E-state index in [9.17, 15) is 0 Å². The molecule has 0 aliphatic heterocycles. The van der Waals surface area contributed by atoms with Crippen molar-refractivity contribution in [2.24, 2.45) is 10.2 Å². The van der Waals surface area contributed by atoms with Gasteiger partial charge in [0.05, 0.1) is 22.5 Å². The second-order valence-corrected chi connectivity index (χ2v) is 6.63.